The summed E-state index contributed by atoms with van der Waals surface area (Å²) in [5, 5.41) is 7.37. The summed E-state index contributed by atoms with van der Waals surface area (Å²) < 4.78 is 39.0. The van der Waals surface area contributed by atoms with Crippen LogP contribution in [0, 0.1) is 0 Å². The van der Waals surface area contributed by atoms with Crippen molar-refractivity contribution in [3.05, 3.63) is 83.4 Å². The number of amides is 2. The van der Waals surface area contributed by atoms with E-state index in [2.05, 4.69) is 15.8 Å². The number of carbonyl (C=O) groups is 2. The fraction of sp³-hybridized carbons (Fsp3) is 0.323. The van der Waals surface area contributed by atoms with Crippen molar-refractivity contribution in [3.8, 4) is 11.5 Å². The Balaban J connectivity index is 1.35. The zero-order valence-corrected chi connectivity index (χ0v) is 25.4. The molecule has 0 atom stereocenters. The Morgan fingerprint density at radius 2 is 1.53 bits per heavy atom. The molecule has 10 nitrogen and oxygen atoms in total. The van der Waals surface area contributed by atoms with Gasteiger partial charge in [0.2, 0.25) is 0 Å². The van der Waals surface area contributed by atoms with Crippen molar-refractivity contribution < 1.29 is 27.5 Å². The molecule has 0 heterocycles. The molecule has 4 rings (SSSR count). The number of hydrogen-bond donors (Lipinski definition) is 2. The Bertz CT molecular complexity index is 1490. The summed E-state index contributed by atoms with van der Waals surface area (Å²) in [5.74, 6) is 0.311. The van der Waals surface area contributed by atoms with Crippen molar-refractivity contribution in [3.63, 3.8) is 0 Å². The third-order valence-corrected chi connectivity index (χ3v) is 8.79. The first-order valence-electron chi connectivity index (χ1n) is 14.1. The Kier molecular flexibility index (Phi) is 11.4. The normalized spacial score (nSPS) is 13.8. The summed E-state index contributed by atoms with van der Waals surface area (Å²) in [6.07, 6.45) is 6.93. The van der Waals surface area contributed by atoms with E-state index in [0.717, 1.165) is 30.0 Å². The zero-order chi connectivity index (χ0) is 30.7. The summed E-state index contributed by atoms with van der Waals surface area (Å²) in [6.45, 7) is 1.72. The zero-order valence-electron chi connectivity index (χ0n) is 23.9. The topological polar surface area (TPSA) is 126 Å². The fourth-order valence-corrected chi connectivity index (χ4v) is 6.13. The van der Waals surface area contributed by atoms with Gasteiger partial charge in [0.1, 0.15) is 18.0 Å². The molecule has 43 heavy (non-hydrogen) atoms. The molecule has 3 aromatic carbocycles. The lowest BCUT2D eigenvalue weighted by atomic mass is 9.95. The van der Waals surface area contributed by atoms with Gasteiger partial charge in [-0.15, -0.1) is 0 Å². The Morgan fingerprint density at radius 3 is 2.19 bits per heavy atom. The van der Waals surface area contributed by atoms with Crippen LogP contribution in [-0.2, 0) is 19.6 Å². The third-order valence-electron chi connectivity index (χ3n) is 6.75. The molecular weight excluding hydrogens is 592 g/mol. The summed E-state index contributed by atoms with van der Waals surface area (Å²) >= 11 is 5.94. The Labute approximate surface area is 257 Å². The van der Waals surface area contributed by atoms with Gasteiger partial charge in [0, 0.05) is 11.1 Å². The third kappa shape index (κ3) is 9.45. The minimum absolute atomic E-state index is 0.0177. The van der Waals surface area contributed by atoms with E-state index in [4.69, 9.17) is 21.1 Å². The number of benzene rings is 3. The number of nitrogens with one attached hydrogen (secondary N) is 2. The molecule has 1 fully saturated rings. The lowest BCUT2D eigenvalue weighted by Crippen LogP contribution is -2.39. The van der Waals surface area contributed by atoms with Gasteiger partial charge in [-0.1, -0.05) is 30.9 Å². The molecule has 1 saturated carbocycles. The molecular formula is C31H35ClN4O6S. The average molecular weight is 627 g/mol. The number of anilines is 1. The maximum absolute atomic E-state index is 13.5. The number of sulfonamides is 1. The van der Waals surface area contributed by atoms with E-state index in [0.29, 0.717) is 28.7 Å². The SMILES string of the molecule is CCOc1ccc(N(CC(=O)N/N=C\c2ccc(OCC(=O)NC3CCCCC3)cc2)S(=O)(=O)c2ccc(Cl)cc2)cc1. The molecule has 0 aromatic heterocycles. The number of halogens is 1. The van der Waals surface area contributed by atoms with E-state index in [-0.39, 0.29) is 29.1 Å². The number of carbonyl (C=O) groups excluding carboxylic acids is 2. The van der Waals surface area contributed by atoms with Gasteiger partial charge >= 0.3 is 0 Å². The van der Waals surface area contributed by atoms with Gasteiger partial charge in [-0.05, 0) is 98.1 Å². The Morgan fingerprint density at radius 1 is 0.907 bits per heavy atom. The van der Waals surface area contributed by atoms with Gasteiger partial charge in [0.05, 0.1) is 23.4 Å². The maximum atomic E-state index is 13.5. The monoisotopic (exact) mass is 626 g/mol. The first kappa shape index (κ1) is 31.8. The highest BCUT2D eigenvalue weighted by molar-refractivity contribution is 7.92. The number of rotatable bonds is 13. The lowest BCUT2D eigenvalue weighted by Gasteiger charge is -2.24. The second kappa shape index (κ2) is 15.4. The van der Waals surface area contributed by atoms with Gasteiger partial charge in [0.25, 0.3) is 21.8 Å². The molecule has 0 bridgehead atoms. The first-order valence-corrected chi connectivity index (χ1v) is 15.9. The van der Waals surface area contributed by atoms with Crippen LogP contribution in [0.1, 0.15) is 44.6 Å². The van der Waals surface area contributed by atoms with E-state index < -0.39 is 22.5 Å². The molecule has 0 unspecified atom stereocenters. The highest BCUT2D eigenvalue weighted by Crippen LogP contribution is 2.26. The van der Waals surface area contributed by atoms with E-state index in [1.54, 1.807) is 48.5 Å². The van der Waals surface area contributed by atoms with Gasteiger partial charge in [-0.25, -0.2) is 13.8 Å². The van der Waals surface area contributed by atoms with Crippen LogP contribution in [0.25, 0.3) is 0 Å². The van der Waals surface area contributed by atoms with Gasteiger partial charge < -0.3 is 14.8 Å². The van der Waals surface area contributed by atoms with Crippen molar-refractivity contribution >= 4 is 45.3 Å². The smallest absolute Gasteiger partial charge is 0.264 e. The van der Waals surface area contributed by atoms with Crippen LogP contribution in [0.4, 0.5) is 5.69 Å². The van der Waals surface area contributed by atoms with Crippen LogP contribution in [0.2, 0.25) is 5.02 Å². The van der Waals surface area contributed by atoms with Crippen LogP contribution in [0.3, 0.4) is 0 Å². The summed E-state index contributed by atoms with van der Waals surface area (Å²) in [6, 6.07) is 19.2. The molecule has 0 saturated heterocycles. The minimum atomic E-state index is -4.11. The van der Waals surface area contributed by atoms with Crippen molar-refractivity contribution in [2.24, 2.45) is 5.10 Å². The second-order valence-corrected chi connectivity index (χ2v) is 12.2. The number of hydrazone groups is 1. The predicted molar refractivity (Wildman–Crippen MR) is 166 cm³/mol. The van der Waals surface area contributed by atoms with Gasteiger partial charge in [-0.2, -0.15) is 5.10 Å². The van der Waals surface area contributed by atoms with Crippen molar-refractivity contribution in [1.82, 2.24) is 10.7 Å². The minimum Gasteiger partial charge on any atom is -0.494 e. The largest absolute Gasteiger partial charge is 0.494 e. The van der Waals surface area contributed by atoms with E-state index in [1.165, 1.54) is 36.9 Å². The molecule has 1 aliphatic carbocycles. The summed E-state index contributed by atoms with van der Waals surface area (Å²) in [5.41, 5.74) is 3.33. The van der Waals surface area contributed by atoms with E-state index >= 15 is 0 Å². The van der Waals surface area contributed by atoms with Crippen LogP contribution < -0.4 is 24.5 Å². The number of nitrogens with zero attached hydrogens (tertiary/aromatic N) is 2. The summed E-state index contributed by atoms with van der Waals surface area (Å²) in [7, 11) is -4.11. The Hall–Kier alpha value is -4.09. The molecule has 228 valence electrons. The molecule has 0 aliphatic heterocycles. The van der Waals surface area contributed by atoms with Crippen molar-refractivity contribution in [2.45, 2.75) is 50.0 Å². The molecule has 12 heteroatoms. The van der Waals surface area contributed by atoms with E-state index in [1.807, 2.05) is 6.92 Å². The van der Waals surface area contributed by atoms with Crippen molar-refractivity contribution in [2.75, 3.05) is 24.1 Å². The first-order chi connectivity index (χ1) is 20.7. The average Bonchev–Trinajstić information content (AvgIpc) is 3.01. The maximum Gasteiger partial charge on any atom is 0.264 e. The van der Waals surface area contributed by atoms with Crippen molar-refractivity contribution in [1.29, 1.82) is 0 Å². The van der Waals surface area contributed by atoms with Gasteiger partial charge in [-0.3, -0.25) is 13.9 Å². The second-order valence-electron chi connectivity index (χ2n) is 9.95. The lowest BCUT2D eigenvalue weighted by molar-refractivity contribution is -0.124. The quantitative estimate of drug-likeness (QED) is 0.205. The fourth-order valence-electron chi connectivity index (χ4n) is 4.58. The number of ether oxygens (including phenoxy) is 2. The summed E-state index contributed by atoms with van der Waals surface area (Å²) in [4.78, 5) is 25.0. The van der Waals surface area contributed by atoms with Crippen LogP contribution >= 0.6 is 11.6 Å². The molecule has 2 amide bonds. The highest BCUT2D eigenvalue weighted by atomic mass is 35.5. The van der Waals surface area contributed by atoms with Crippen LogP contribution in [-0.4, -0.2) is 52.2 Å². The standard InChI is InChI=1S/C31H35ClN4O6S/c1-2-41-27-16-12-26(13-17-27)36(43(39,40)29-18-10-24(32)11-19-29)21-30(37)35-33-20-23-8-14-28(15-9-23)42-22-31(38)34-25-6-4-3-5-7-25/h8-20,25H,2-7,21-22H2,1H3,(H,34,38)(H,35,37)/b33-20-. The molecule has 0 spiro atoms. The predicted octanol–water partition coefficient (Wildman–Crippen LogP) is 4.91. The molecule has 2 N–H and O–H groups in total. The van der Waals surface area contributed by atoms with Crippen LogP contribution in [0.15, 0.2) is 82.8 Å². The van der Waals surface area contributed by atoms with E-state index in [9.17, 15) is 18.0 Å². The highest BCUT2D eigenvalue weighted by Gasteiger charge is 2.27. The van der Waals surface area contributed by atoms with Gasteiger partial charge in [0.15, 0.2) is 6.61 Å². The molecule has 0 radical (unpaired) electrons. The van der Waals surface area contributed by atoms with Crippen LogP contribution in [0.5, 0.6) is 11.5 Å². The number of hydrogen-bond acceptors (Lipinski definition) is 7. The molecule has 3 aromatic rings. The molecule has 1 aliphatic rings.